The average Bonchev–Trinajstić information content (AvgIpc) is 3.07. The molecule has 0 bridgehead atoms. The Morgan fingerprint density at radius 3 is 1.97 bits per heavy atom. The standard InChI is InChI=1S/C25H22ClNO4/c1-25(2,23(28)29)27(17-13-11-16(26)12-14-17)24(30)31-15-22-20-9-5-3-7-18(20)19-8-4-6-10-21(19)22/h3-14,22H,15H2,1-2H3,(H,28,29). The maximum Gasteiger partial charge on any atom is 0.415 e. The van der Waals surface area contributed by atoms with Crippen LogP contribution in [0.2, 0.25) is 5.02 Å². The van der Waals surface area contributed by atoms with Gasteiger partial charge in [0.2, 0.25) is 0 Å². The number of carboxylic acids is 1. The number of halogens is 1. The highest BCUT2D eigenvalue weighted by molar-refractivity contribution is 6.30. The lowest BCUT2D eigenvalue weighted by atomic mass is 9.98. The van der Waals surface area contributed by atoms with Gasteiger partial charge in [-0.1, -0.05) is 60.1 Å². The molecule has 0 aromatic heterocycles. The van der Waals surface area contributed by atoms with E-state index in [1.54, 1.807) is 24.3 Å². The van der Waals surface area contributed by atoms with Crippen LogP contribution in [0.25, 0.3) is 11.1 Å². The molecule has 1 aliphatic carbocycles. The Morgan fingerprint density at radius 2 is 1.45 bits per heavy atom. The first-order valence-corrected chi connectivity index (χ1v) is 10.3. The predicted octanol–water partition coefficient (Wildman–Crippen LogP) is 5.96. The molecular weight excluding hydrogens is 414 g/mol. The van der Waals surface area contributed by atoms with Gasteiger partial charge in [0.15, 0.2) is 0 Å². The van der Waals surface area contributed by atoms with Gasteiger partial charge in [0.1, 0.15) is 12.1 Å². The molecule has 3 aromatic rings. The molecule has 4 rings (SSSR count). The van der Waals surface area contributed by atoms with Gasteiger partial charge in [-0.25, -0.2) is 9.59 Å². The number of aliphatic carboxylic acids is 1. The highest BCUT2D eigenvalue weighted by Crippen LogP contribution is 2.44. The second kappa shape index (κ2) is 8.08. The summed E-state index contributed by atoms with van der Waals surface area (Å²) in [5.41, 5.74) is 3.31. The molecule has 1 N–H and O–H groups in total. The van der Waals surface area contributed by atoms with Crippen LogP contribution in [0, 0.1) is 0 Å². The zero-order valence-electron chi connectivity index (χ0n) is 17.2. The molecule has 0 heterocycles. The Labute approximate surface area is 185 Å². The Hall–Kier alpha value is -3.31. The lowest BCUT2D eigenvalue weighted by molar-refractivity contribution is -0.142. The van der Waals surface area contributed by atoms with Crippen LogP contribution >= 0.6 is 11.6 Å². The van der Waals surface area contributed by atoms with Crippen molar-refractivity contribution in [3.8, 4) is 11.1 Å². The summed E-state index contributed by atoms with van der Waals surface area (Å²) in [7, 11) is 0. The van der Waals surface area contributed by atoms with E-state index >= 15 is 0 Å². The van der Waals surface area contributed by atoms with Crippen molar-refractivity contribution in [1.29, 1.82) is 0 Å². The van der Waals surface area contributed by atoms with E-state index in [2.05, 4.69) is 12.1 Å². The topological polar surface area (TPSA) is 66.8 Å². The van der Waals surface area contributed by atoms with Gasteiger partial charge in [0.05, 0.1) is 0 Å². The number of fused-ring (bicyclic) bond motifs is 3. The quantitative estimate of drug-likeness (QED) is 0.537. The van der Waals surface area contributed by atoms with Gasteiger partial charge >= 0.3 is 12.1 Å². The Balaban J connectivity index is 1.63. The van der Waals surface area contributed by atoms with E-state index in [0.717, 1.165) is 27.2 Å². The first-order chi connectivity index (χ1) is 14.8. The van der Waals surface area contributed by atoms with E-state index in [-0.39, 0.29) is 12.5 Å². The van der Waals surface area contributed by atoms with Gasteiger partial charge < -0.3 is 9.84 Å². The molecule has 0 spiro atoms. The van der Waals surface area contributed by atoms with Crippen molar-refractivity contribution in [3.05, 3.63) is 88.9 Å². The molecule has 1 aliphatic rings. The summed E-state index contributed by atoms with van der Waals surface area (Å²) < 4.78 is 5.71. The van der Waals surface area contributed by atoms with Crippen molar-refractivity contribution in [2.24, 2.45) is 0 Å². The van der Waals surface area contributed by atoms with Gasteiger partial charge in [-0.15, -0.1) is 0 Å². The third-order valence-corrected chi connectivity index (χ3v) is 5.94. The van der Waals surface area contributed by atoms with Gasteiger partial charge in [0.25, 0.3) is 0 Å². The first-order valence-electron chi connectivity index (χ1n) is 9.95. The molecule has 0 unspecified atom stereocenters. The second-order valence-electron chi connectivity index (χ2n) is 7.98. The lowest BCUT2D eigenvalue weighted by Gasteiger charge is -2.34. The number of carbonyl (C=O) groups is 2. The van der Waals surface area contributed by atoms with Gasteiger partial charge in [-0.3, -0.25) is 4.90 Å². The Bertz CT molecular complexity index is 1090. The fourth-order valence-electron chi connectivity index (χ4n) is 4.00. The van der Waals surface area contributed by atoms with E-state index in [4.69, 9.17) is 16.3 Å². The van der Waals surface area contributed by atoms with E-state index in [9.17, 15) is 14.7 Å². The van der Waals surface area contributed by atoms with Crippen LogP contribution in [0.1, 0.15) is 30.9 Å². The van der Waals surface area contributed by atoms with Crippen LogP contribution in [-0.2, 0) is 9.53 Å². The summed E-state index contributed by atoms with van der Waals surface area (Å²) in [4.78, 5) is 26.2. The van der Waals surface area contributed by atoms with Gasteiger partial charge in [0, 0.05) is 16.6 Å². The number of benzene rings is 3. The molecule has 0 atom stereocenters. The minimum atomic E-state index is -1.52. The molecule has 0 radical (unpaired) electrons. The van der Waals surface area contributed by atoms with Crippen molar-refractivity contribution in [2.45, 2.75) is 25.3 Å². The maximum atomic E-state index is 13.2. The minimum absolute atomic E-state index is 0.104. The number of nitrogens with zero attached hydrogens (tertiary/aromatic N) is 1. The van der Waals surface area contributed by atoms with Crippen LogP contribution in [-0.4, -0.2) is 29.3 Å². The number of hydrogen-bond acceptors (Lipinski definition) is 3. The molecule has 1 amide bonds. The smallest absolute Gasteiger partial charge is 0.415 e. The molecule has 6 heteroatoms. The number of anilines is 1. The number of carbonyl (C=O) groups excluding carboxylic acids is 1. The average molecular weight is 436 g/mol. The minimum Gasteiger partial charge on any atom is -0.480 e. The van der Waals surface area contributed by atoms with Crippen LogP contribution < -0.4 is 4.90 Å². The Morgan fingerprint density at radius 1 is 0.935 bits per heavy atom. The number of hydrogen-bond donors (Lipinski definition) is 1. The fraction of sp³-hybridized carbons (Fsp3) is 0.200. The van der Waals surface area contributed by atoms with E-state index < -0.39 is 17.6 Å². The van der Waals surface area contributed by atoms with Crippen LogP contribution in [0.3, 0.4) is 0 Å². The van der Waals surface area contributed by atoms with Crippen LogP contribution in [0.4, 0.5) is 10.5 Å². The molecule has 0 aliphatic heterocycles. The fourth-order valence-corrected chi connectivity index (χ4v) is 4.13. The zero-order chi connectivity index (χ0) is 22.2. The van der Waals surface area contributed by atoms with Crippen molar-refractivity contribution in [2.75, 3.05) is 11.5 Å². The highest BCUT2D eigenvalue weighted by Gasteiger charge is 2.41. The molecule has 0 fully saturated rings. The summed E-state index contributed by atoms with van der Waals surface area (Å²) in [6.07, 6.45) is -0.725. The third kappa shape index (κ3) is 3.77. The second-order valence-corrected chi connectivity index (χ2v) is 8.42. The van der Waals surface area contributed by atoms with Crippen molar-refractivity contribution in [1.82, 2.24) is 0 Å². The normalized spacial score (nSPS) is 12.7. The van der Waals surface area contributed by atoms with E-state index in [1.807, 2.05) is 36.4 Å². The molecular formula is C25H22ClNO4. The molecule has 0 saturated carbocycles. The lowest BCUT2D eigenvalue weighted by Crippen LogP contribution is -2.53. The zero-order valence-corrected chi connectivity index (χ0v) is 18.0. The van der Waals surface area contributed by atoms with E-state index in [1.165, 1.54) is 13.8 Å². The largest absolute Gasteiger partial charge is 0.480 e. The van der Waals surface area contributed by atoms with Crippen molar-refractivity contribution in [3.63, 3.8) is 0 Å². The molecule has 0 saturated heterocycles. The predicted molar refractivity (Wildman–Crippen MR) is 121 cm³/mol. The monoisotopic (exact) mass is 435 g/mol. The number of carboxylic acid groups (broad SMARTS) is 1. The Kier molecular flexibility index (Phi) is 5.46. The highest BCUT2D eigenvalue weighted by atomic mass is 35.5. The molecule has 5 nitrogen and oxygen atoms in total. The van der Waals surface area contributed by atoms with Crippen molar-refractivity contribution >= 4 is 29.4 Å². The number of rotatable bonds is 5. The molecule has 31 heavy (non-hydrogen) atoms. The summed E-state index contributed by atoms with van der Waals surface area (Å²) in [5.74, 6) is -1.26. The van der Waals surface area contributed by atoms with Crippen molar-refractivity contribution < 1.29 is 19.4 Å². The number of amides is 1. The third-order valence-electron chi connectivity index (χ3n) is 5.69. The van der Waals surface area contributed by atoms with E-state index in [0.29, 0.717) is 10.7 Å². The first kappa shape index (κ1) is 20.9. The van der Waals surface area contributed by atoms with Crippen LogP contribution in [0.5, 0.6) is 0 Å². The summed E-state index contributed by atoms with van der Waals surface area (Å²) >= 11 is 5.96. The SMILES string of the molecule is CC(C)(C(=O)O)N(C(=O)OCC1c2ccccc2-c2ccccc21)c1ccc(Cl)cc1. The molecule has 158 valence electrons. The van der Waals surface area contributed by atoms with Crippen LogP contribution in [0.15, 0.2) is 72.8 Å². The molecule has 3 aromatic carbocycles. The maximum absolute atomic E-state index is 13.2. The van der Waals surface area contributed by atoms with Gasteiger partial charge in [-0.2, -0.15) is 0 Å². The summed E-state index contributed by atoms with van der Waals surface area (Å²) in [6.45, 7) is 3.03. The summed E-state index contributed by atoms with van der Waals surface area (Å²) in [5, 5.41) is 10.2. The number of ether oxygens (including phenoxy) is 1. The van der Waals surface area contributed by atoms with Gasteiger partial charge in [-0.05, 0) is 60.4 Å². The summed E-state index contributed by atoms with van der Waals surface area (Å²) in [6, 6.07) is 22.5.